The first kappa shape index (κ1) is 22.9. The normalized spacial score (nSPS) is 22.0. The molecule has 3 saturated heterocycles. The Morgan fingerprint density at radius 2 is 2.03 bits per heavy atom. The number of fused-ring (bicyclic) bond motifs is 1. The van der Waals surface area contributed by atoms with Gasteiger partial charge in [-0.3, -0.25) is 14.6 Å². The monoisotopic (exact) mass is 481 g/mol. The molecule has 10 heteroatoms. The first-order valence-electron chi connectivity index (χ1n) is 11.6. The molecule has 1 N–H and O–H groups in total. The zero-order valence-electron chi connectivity index (χ0n) is 18.9. The van der Waals surface area contributed by atoms with E-state index in [-0.39, 0.29) is 18.4 Å². The van der Waals surface area contributed by atoms with Crippen LogP contribution < -0.4 is 10.2 Å². The lowest BCUT2D eigenvalue weighted by Gasteiger charge is -2.44. The number of ether oxygens (including phenoxy) is 2. The number of piperidine rings is 1. The third-order valence-electron chi connectivity index (χ3n) is 6.63. The predicted octanol–water partition coefficient (Wildman–Crippen LogP) is 2.12. The van der Waals surface area contributed by atoms with Gasteiger partial charge in [-0.25, -0.2) is 0 Å². The number of rotatable bonds is 4. The Hall–Kier alpha value is -2.87. The van der Waals surface area contributed by atoms with Crippen LogP contribution in [0.4, 0.5) is 5.69 Å². The third kappa shape index (κ3) is 4.56. The number of aromatic nitrogens is 1. The van der Waals surface area contributed by atoms with E-state index >= 15 is 0 Å². The molecule has 0 aliphatic carbocycles. The van der Waals surface area contributed by atoms with E-state index in [0.717, 1.165) is 62.2 Å². The largest absolute Gasteiger partial charge is 0.371 e. The lowest BCUT2D eigenvalue weighted by molar-refractivity contribution is -0.275. The summed E-state index contributed by atoms with van der Waals surface area (Å²) in [5, 5.41) is 12.7. The summed E-state index contributed by atoms with van der Waals surface area (Å²) in [7, 11) is 0. The summed E-state index contributed by atoms with van der Waals surface area (Å²) in [5.74, 6) is 0.0347. The van der Waals surface area contributed by atoms with Crippen LogP contribution in [0.15, 0.2) is 30.5 Å². The van der Waals surface area contributed by atoms with Crippen molar-refractivity contribution >= 4 is 40.2 Å². The second-order valence-electron chi connectivity index (χ2n) is 8.70. The number of nitriles is 1. The number of carbonyl (C=O) groups is 2. The van der Waals surface area contributed by atoms with E-state index in [4.69, 9.17) is 9.47 Å². The smallest absolute Gasteiger partial charge is 0.252 e. The predicted molar refractivity (Wildman–Crippen MR) is 128 cm³/mol. The van der Waals surface area contributed by atoms with Crippen LogP contribution in [0.1, 0.15) is 29.6 Å². The molecule has 2 amide bonds. The van der Waals surface area contributed by atoms with E-state index in [1.54, 1.807) is 12.3 Å². The third-order valence-corrected chi connectivity index (χ3v) is 7.64. The molecule has 1 aromatic carbocycles. The van der Waals surface area contributed by atoms with Gasteiger partial charge in [-0.2, -0.15) is 5.26 Å². The summed E-state index contributed by atoms with van der Waals surface area (Å²) in [5.41, 5.74) is 2.21. The molecule has 178 valence electrons. The van der Waals surface area contributed by atoms with Crippen LogP contribution in [0.5, 0.6) is 0 Å². The first-order valence-corrected chi connectivity index (χ1v) is 12.7. The molecule has 9 nitrogen and oxygen atoms in total. The fraction of sp³-hybridized carbons (Fsp3) is 0.500. The Morgan fingerprint density at radius 3 is 2.79 bits per heavy atom. The molecular formula is C24H27N5O4S. The van der Waals surface area contributed by atoms with E-state index in [1.165, 1.54) is 16.7 Å². The Kier molecular flexibility index (Phi) is 6.59. The van der Waals surface area contributed by atoms with Crippen LogP contribution >= 0.6 is 11.8 Å². The van der Waals surface area contributed by atoms with Crippen LogP contribution in [-0.4, -0.2) is 78.0 Å². The maximum absolute atomic E-state index is 13.0. The zero-order chi connectivity index (χ0) is 23.5. The quantitative estimate of drug-likeness (QED) is 0.708. The molecule has 5 rings (SSSR count). The summed E-state index contributed by atoms with van der Waals surface area (Å²) in [6.45, 7) is 2.95. The Labute approximate surface area is 202 Å². The highest BCUT2D eigenvalue weighted by molar-refractivity contribution is 7.99. The molecule has 3 fully saturated rings. The van der Waals surface area contributed by atoms with Gasteiger partial charge in [0.05, 0.1) is 42.8 Å². The Bertz CT molecular complexity index is 1120. The number of nitrogens with one attached hydrogen (secondary N) is 1. The Balaban J connectivity index is 1.29. The summed E-state index contributed by atoms with van der Waals surface area (Å²) < 4.78 is 11.9. The summed E-state index contributed by atoms with van der Waals surface area (Å²) in [4.78, 5) is 33.7. The number of hydrogen-bond acceptors (Lipinski definition) is 8. The minimum absolute atomic E-state index is 0.144. The average Bonchev–Trinajstić information content (AvgIpc) is 3.36. The minimum Gasteiger partial charge on any atom is -0.371 e. The molecule has 3 aliphatic rings. The molecule has 0 saturated carbocycles. The lowest BCUT2D eigenvalue weighted by Crippen LogP contribution is -2.50. The molecule has 2 aromatic rings. The first-order chi connectivity index (χ1) is 16.6. The number of anilines is 1. The van der Waals surface area contributed by atoms with E-state index in [1.807, 2.05) is 18.2 Å². The minimum atomic E-state index is -0.455. The van der Waals surface area contributed by atoms with E-state index in [9.17, 15) is 14.9 Å². The van der Waals surface area contributed by atoms with Gasteiger partial charge >= 0.3 is 0 Å². The van der Waals surface area contributed by atoms with Gasteiger partial charge in [-0.15, -0.1) is 11.8 Å². The van der Waals surface area contributed by atoms with Gasteiger partial charge in [0.1, 0.15) is 6.04 Å². The van der Waals surface area contributed by atoms with Crippen molar-refractivity contribution in [3.05, 3.63) is 36.0 Å². The van der Waals surface area contributed by atoms with Gasteiger partial charge < -0.3 is 24.6 Å². The van der Waals surface area contributed by atoms with Crippen LogP contribution in [-0.2, 0) is 14.3 Å². The van der Waals surface area contributed by atoms with Crippen LogP contribution in [0.25, 0.3) is 10.9 Å². The molecule has 0 bridgehead atoms. The SMILES string of the molecule is N#C[C@@H]1CSCN1C(=O)CNC(=O)c1ccnc2ccc(N3CCC4(CC3)OCCCO4)cc12. The van der Waals surface area contributed by atoms with Gasteiger partial charge in [0.25, 0.3) is 5.91 Å². The highest BCUT2D eigenvalue weighted by atomic mass is 32.2. The summed E-state index contributed by atoms with van der Waals surface area (Å²) >= 11 is 1.54. The average molecular weight is 482 g/mol. The van der Waals surface area contributed by atoms with Crippen LogP contribution in [0.3, 0.4) is 0 Å². The number of thioether (sulfide) groups is 1. The molecule has 1 aromatic heterocycles. The summed E-state index contributed by atoms with van der Waals surface area (Å²) in [6, 6.07) is 9.30. The number of carbonyl (C=O) groups excluding carboxylic acids is 2. The van der Waals surface area contributed by atoms with E-state index in [2.05, 4.69) is 21.3 Å². The van der Waals surface area contributed by atoms with Crippen molar-refractivity contribution in [2.24, 2.45) is 0 Å². The molecule has 4 heterocycles. The zero-order valence-corrected chi connectivity index (χ0v) is 19.7. The van der Waals surface area contributed by atoms with Gasteiger partial charge in [0.15, 0.2) is 5.79 Å². The standard InChI is InChI=1S/C24H27N5O4S/c25-13-18-15-34-16-29(18)22(30)14-27-23(31)19-4-7-26-21-3-2-17(12-20(19)21)28-8-5-24(6-9-28)32-10-1-11-33-24/h2-4,7,12,18H,1,5-6,8-11,14-16H2,(H,27,31)/t18-/m1/s1. The van der Waals surface area contributed by atoms with E-state index < -0.39 is 11.8 Å². The molecule has 34 heavy (non-hydrogen) atoms. The molecule has 0 radical (unpaired) electrons. The van der Waals surface area contributed by atoms with Crippen LogP contribution in [0.2, 0.25) is 0 Å². The molecule has 1 spiro atoms. The fourth-order valence-corrected chi connectivity index (χ4v) is 5.79. The van der Waals surface area contributed by atoms with Gasteiger partial charge in [-0.05, 0) is 30.7 Å². The number of amides is 2. The molecule has 0 unspecified atom stereocenters. The van der Waals surface area contributed by atoms with Crippen LogP contribution in [0, 0.1) is 11.3 Å². The van der Waals surface area contributed by atoms with Gasteiger partial charge in [-0.1, -0.05) is 0 Å². The van der Waals surface area contributed by atoms with Crippen molar-refractivity contribution in [1.29, 1.82) is 5.26 Å². The Morgan fingerprint density at radius 1 is 1.24 bits per heavy atom. The maximum atomic E-state index is 13.0. The topological polar surface area (TPSA) is 108 Å². The summed E-state index contributed by atoms with van der Waals surface area (Å²) in [6.07, 6.45) is 4.14. The highest BCUT2D eigenvalue weighted by Crippen LogP contribution is 2.34. The lowest BCUT2D eigenvalue weighted by atomic mass is 10.0. The van der Waals surface area contributed by atoms with Crippen molar-refractivity contribution in [2.75, 3.05) is 49.4 Å². The number of benzene rings is 1. The van der Waals surface area contributed by atoms with Crippen molar-refractivity contribution in [3.8, 4) is 6.07 Å². The molecular weight excluding hydrogens is 454 g/mol. The maximum Gasteiger partial charge on any atom is 0.252 e. The van der Waals surface area contributed by atoms with Crippen molar-refractivity contribution in [3.63, 3.8) is 0 Å². The van der Waals surface area contributed by atoms with Crippen molar-refractivity contribution < 1.29 is 19.1 Å². The van der Waals surface area contributed by atoms with Crippen molar-refractivity contribution in [1.82, 2.24) is 15.2 Å². The van der Waals surface area contributed by atoms with E-state index in [0.29, 0.717) is 17.2 Å². The number of hydrogen-bond donors (Lipinski definition) is 1. The van der Waals surface area contributed by atoms with Crippen molar-refractivity contribution in [2.45, 2.75) is 31.1 Å². The number of pyridine rings is 1. The fourth-order valence-electron chi connectivity index (χ4n) is 4.69. The number of nitrogens with zero attached hydrogens (tertiary/aromatic N) is 4. The van der Waals surface area contributed by atoms with Gasteiger partial charge in [0, 0.05) is 49.0 Å². The molecule has 3 aliphatic heterocycles. The highest BCUT2D eigenvalue weighted by Gasteiger charge is 2.38. The molecule has 1 atom stereocenters. The van der Waals surface area contributed by atoms with Gasteiger partial charge in [0.2, 0.25) is 5.91 Å². The second kappa shape index (κ2) is 9.78. The second-order valence-corrected chi connectivity index (χ2v) is 9.70.